The molecule has 0 rings (SSSR count). The molecule has 0 aromatic rings. The fourth-order valence-corrected chi connectivity index (χ4v) is 11.0. The Morgan fingerprint density at radius 3 is 1.47 bits per heavy atom. The van der Waals surface area contributed by atoms with Crippen molar-refractivity contribution in [1.82, 2.24) is 21.3 Å². The van der Waals surface area contributed by atoms with E-state index in [0.717, 1.165) is 0 Å². The summed E-state index contributed by atoms with van der Waals surface area (Å²) < 4.78 is 73.9. The van der Waals surface area contributed by atoms with Crippen LogP contribution in [-0.4, -0.2) is 147 Å². The number of rotatable bonds is 27. The minimum atomic E-state index is -5.81. The van der Waals surface area contributed by atoms with Crippen LogP contribution in [0.15, 0.2) is 0 Å². The fourth-order valence-electron chi connectivity index (χ4n) is 4.19. The van der Waals surface area contributed by atoms with E-state index in [0.29, 0.717) is 0 Å². The highest BCUT2D eigenvalue weighted by Gasteiger charge is 2.59. The molecule has 0 radical (unpaired) electrons. The van der Waals surface area contributed by atoms with E-state index >= 15 is 0 Å². The first kappa shape index (κ1) is 54.1. The molecule has 0 bridgehead atoms. The van der Waals surface area contributed by atoms with Gasteiger partial charge in [-0.25, -0.2) is 0 Å². The monoisotopic (exact) mass is 927 g/mol. The van der Waals surface area contributed by atoms with Crippen molar-refractivity contribution in [3.05, 3.63) is 0 Å². The van der Waals surface area contributed by atoms with E-state index in [2.05, 4.69) is 16.0 Å². The van der Waals surface area contributed by atoms with Gasteiger partial charge >= 0.3 is 45.6 Å². The molecule has 0 saturated carbocycles. The molecule has 0 fully saturated rings. The maximum Gasteiger partial charge on any atom is 0.369 e. The molecule has 0 heterocycles. The summed E-state index contributed by atoms with van der Waals surface area (Å²) in [5.74, 6) is -2.73. The Kier molecular flexibility index (Phi) is 21.0. The van der Waals surface area contributed by atoms with Crippen molar-refractivity contribution in [3.63, 3.8) is 0 Å². The van der Waals surface area contributed by atoms with Crippen molar-refractivity contribution in [2.24, 2.45) is 5.73 Å². The molecule has 2 atom stereocenters. The number of hydrogen-bond donors (Lipinski definition) is 19. The van der Waals surface area contributed by atoms with Gasteiger partial charge in [0, 0.05) is 45.3 Å². The highest BCUT2D eigenvalue weighted by Crippen LogP contribution is 2.69. The maximum atomic E-state index is 12.7. The summed E-state index contributed by atoms with van der Waals surface area (Å²) in [6, 6.07) is -2.58. The van der Waals surface area contributed by atoms with E-state index in [4.69, 9.17) is 30.0 Å². The Hall–Kier alpha value is -0.890. The van der Waals surface area contributed by atoms with Gasteiger partial charge in [0.25, 0.3) is 10.2 Å². The zero-order valence-corrected chi connectivity index (χ0v) is 33.7. The summed E-state index contributed by atoms with van der Waals surface area (Å²) in [6.45, 7) is -3.09. The van der Waals surface area contributed by atoms with Crippen LogP contribution in [0.3, 0.4) is 0 Å². The Labute approximate surface area is 311 Å². The number of ether oxygens (including phenoxy) is 1. The number of aliphatic hydroxyl groups is 2. The van der Waals surface area contributed by atoms with Gasteiger partial charge in [0.05, 0.1) is 25.4 Å². The van der Waals surface area contributed by atoms with Gasteiger partial charge in [-0.15, -0.1) is 0 Å². The van der Waals surface area contributed by atoms with Gasteiger partial charge in [-0.3, -0.25) is 47.1 Å². The Morgan fingerprint density at radius 2 is 1.04 bits per heavy atom. The van der Waals surface area contributed by atoms with E-state index in [-0.39, 0.29) is 6.42 Å². The van der Waals surface area contributed by atoms with Gasteiger partial charge in [-0.05, 0) is 19.3 Å². The van der Waals surface area contributed by atoms with Gasteiger partial charge in [-0.2, -0.15) is 0 Å². The molecule has 35 heteroatoms. The predicted octanol–water partition coefficient (Wildman–Crippen LogP) is -4.99. The van der Waals surface area contributed by atoms with Crippen molar-refractivity contribution in [2.75, 3.05) is 33.0 Å². The number of hydrogen-bond acceptors (Lipinski definition) is 14. The SMILES string of the molecule is NC(CCC(=O)NC(CCC(=O)NCCC(P(=O)(O)O)P(=O)(O)O)COCNCCC(O)(P(=O)(O)O)P(=O)(O)O)C(=O)NCCC(O)(P(=O)(O)O)P(=O)(O)O. The van der Waals surface area contributed by atoms with Crippen LogP contribution in [0.5, 0.6) is 0 Å². The normalized spacial score (nSPS) is 15.1. The van der Waals surface area contributed by atoms with Crippen LogP contribution in [0, 0.1) is 0 Å². The maximum absolute atomic E-state index is 12.7. The standard InChI is InChI=1S/C20H47N5O24P6/c21-14(18(28)24-10-7-20(30,54(43,44)45)55(46,47)48)2-4-16(27)25-13(1-3-15(26)23-8-5-17(50(31,32)33)51(34,35)36)11-49-12-22-9-6-19(29,52(37,38)39)53(40,41)42/h13-14,17,22,29-30H,1-12,21H2,(H,23,26)(H,24,28)(H,25,27)(H2,31,32,33)(H2,34,35,36)(H2,37,38,39)(H2,40,41,42)(H2,43,44,45)(H2,46,47,48). The van der Waals surface area contributed by atoms with Crippen molar-refractivity contribution < 1.29 is 115 Å². The van der Waals surface area contributed by atoms with Gasteiger partial charge < -0.3 is 95.4 Å². The lowest BCUT2D eigenvalue weighted by molar-refractivity contribution is -0.125. The first-order valence-corrected chi connectivity index (χ1v) is 25.0. The molecule has 20 N–H and O–H groups in total. The first-order valence-electron chi connectivity index (χ1n) is 15.2. The lowest BCUT2D eigenvalue weighted by Crippen LogP contribution is -2.44. The van der Waals surface area contributed by atoms with Crippen LogP contribution in [0.4, 0.5) is 0 Å². The third-order valence-corrected chi connectivity index (χ3v) is 19.0. The van der Waals surface area contributed by atoms with Crippen molar-refractivity contribution in [1.29, 1.82) is 0 Å². The molecule has 0 aromatic heterocycles. The Bertz CT molecular complexity index is 1530. The van der Waals surface area contributed by atoms with Gasteiger partial charge in [0.1, 0.15) is 0 Å². The molecule has 2 unspecified atom stereocenters. The summed E-state index contributed by atoms with van der Waals surface area (Å²) in [4.78, 5) is 147. The van der Waals surface area contributed by atoms with Crippen LogP contribution in [0.1, 0.15) is 44.9 Å². The average molecular weight is 927 g/mol. The third kappa shape index (κ3) is 17.9. The van der Waals surface area contributed by atoms with Crippen LogP contribution in [0.2, 0.25) is 0 Å². The number of carbonyl (C=O) groups is 3. The molecular weight excluding hydrogens is 880 g/mol. The Morgan fingerprint density at radius 1 is 0.600 bits per heavy atom. The molecule has 29 nitrogen and oxygen atoms in total. The summed E-state index contributed by atoms with van der Waals surface area (Å²) in [6.07, 6.45) is -4.92. The summed E-state index contributed by atoms with van der Waals surface area (Å²) >= 11 is 0. The first-order chi connectivity index (χ1) is 24.5. The zero-order chi connectivity index (χ0) is 43.5. The van der Waals surface area contributed by atoms with Crippen LogP contribution in [0.25, 0.3) is 0 Å². The number of amides is 3. The minimum absolute atomic E-state index is 0.261. The molecule has 0 saturated heterocycles. The lowest BCUT2D eigenvalue weighted by atomic mass is 10.1. The van der Waals surface area contributed by atoms with Gasteiger partial charge in [0.15, 0.2) is 5.40 Å². The number of carbonyl (C=O) groups excluding carboxylic acids is 3. The van der Waals surface area contributed by atoms with E-state index in [1.807, 2.05) is 5.32 Å². The smallest absolute Gasteiger partial charge is 0.367 e. The second kappa shape index (κ2) is 21.4. The topological polar surface area (TPSA) is 520 Å². The predicted molar refractivity (Wildman–Crippen MR) is 183 cm³/mol. The van der Waals surface area contributed by atoms with Gasteiger partial charge in [-0.1, -0.05) is 0 Å². The largest absolute Gasteiger partial charge is 0.369 e. The highest BCUT2D eigenvalue weighted by atomic mass is 31.2. The molecule has 0 aliphatic carbocycles. The van der Waals surface area contributed by atoms with Crippen LogP contribution < -0.4 is 27.0 Å². The summed E-state index contributed by atoms with van der Waals surface area (Å²) in [7, 11) is -33.6. The van der Waals surface area contributed by atoms with Crippen LogP contribution >= 0.6 is 45.6 Å². The van der Waals surface area contributed by atoms with Crippen molar-refractivity contribution >= 4 is 63.3 Å². The summed E-state index contributed by atoms with van der Waals surface area (Å²) in [5.41, 5.74) is 5.69. The van der Waals surface area contributed by atoms with E-state index < -0.39 is 162 Å². The van der Waals surface area contributed by atoms with Crippen molar-refractivity contribution in [3.8, 4) is 0 Å². The fraction of sp³-hybridized carbons (Fsp3) is 0.850. The van der Waals surface area contributed by atoms with Gasteiger partial charge in [0.2, 0.25) is 17.7 Å². The second-order valence-corrected chi connectivity index (χ2v) is 23.8. The molecule has 55 heavy (non-hydrogen) atoms. The van der Waals surface area contributed by atoms with Crippen LogP contribution in [-0.2, 0) is 46.5 Å². The molecular formula is C20H47N5O24P6. The molecule has 326 valence electrons. The summed E-state index contributed by atoms with van der Waals surface area (Å²) in [5, 5.41) is 18.8. The second-order valence-electron chi connectivity index (χ2n) is 11.8. The Balaban J connectivity index is 5.41. The van der Waals surface area contributed by atoms with E-state index in [1.165, 1.54) is 0 Å². The number of nitrogens with one attached hydrogen (secondary N) is 4. The highest BCUT2D eigenvalue weighted by molar-refractivity contribution is 7.72. The zero-order valence-electron chi connectivity index (χ0n) is 28.3. The lowest BCUT2D eigenvalue weighted by Gasteiger charge is -2.29. The number of nitrogens with two attached hydrogens (primary N) is 1. The quantitative estimate of drug-likeness (QED) is 0.0208. The third-order valence-electron chi connectivity index (χ3n) is 7.39. The molecule has 0 aliphatic heterocycles. The molecule has 0 aromatic carbocycles. The average Bonchev–Trinajstić information content (AvgIpc) is 2.98. The molecule has 0 aliphatic rings. The van der Waals surface area contributed by atoms with E-state index in [9.17, 15) is 91.1 Å². The van der Waals surface area contributed by atoms with Crippen molar-refractivity contribution in [2.45, 2.75) is 72.6 Å². The van der Waals surface area contributed by atoms with E-state index in [1.54, 1.807) is 0 Å². The molecule has 3 amide bonds. The molecule has 0 spiro atoms. The minimum Gasteiger partial charge on any atom is -0.367 e.